The summed E-state index contributed by atoms with van der Waals surface area (Å²) in [5.41, 5.74) is 2.76. The van der Waals surface area contributed by atoms with E-state index in [0.29, 0.717) is 30.3 Å². The van der Waals surface area contributed by atoms with Crippen molar-refractivity contribution in [2.75, 3.05) is 20.3 Å². The Balaban J connectivity index is 0.000000343. The number of nitrogens with zero attached hydrogens (tertiary/aromatic N) is 3. The number of methoxy groups -OCH3 is 1. The number of hydrogen-bond acceptors (Lipinski definition) is 5. The second kappa shape index (κ2) is 10.6. The summed E-state index contributed by atoms with van der Waals surface area (Å²) in [6.07, 6.45) is 2.35. The molecule has 4 rings (SSSR count). The Kier molecular flexibility index (Phi) is 7.61. The molecule has 29 heavy (non-hydrogen) atoms. The van der Waals surface area contributed by atoms with Crippen molar-refractivity contribution in [2.24, 2.45) is 4.99 Å². The zero-order valence-electron chi connectivity index (χ0n) is 16.3. The molecule has 0 fully saturated rings. The van der Waals surface area contributed by atoms with Gasteiger partial charge in [0, 0.05) is 24.7 Å². The molecule has 0 bridgehead atoms. The summed E-state index contributed by atoms with van der Waals surface area (Å²) in [5.74, 6) is 1.51. The van der Waals surface area contributed by atoms with Crippen LogP contribution >= 0.6 is 11.6 Å². The normalized spacial score (nSPS) is 12.4. The first-order valence-corrected chi connectivity index (χ1v) is 9.82. The zero-order chi connectivity index (χ0) is 20.5. The fraction of sp³-hybridized carbons (Fsp3) is 0.217. The fourth-order valence-electron chi connectivity index (χ4n) is 2.94. The minimum absolute atomic E-state index is 0.141. The smallest absolute Gasteiger partial charge is 0.155 e. The molecule has 3 aromatic rings. The van der Waals surface area contributed by atoms with Gasteiger partial charge in [0.2, 0.25) is 0 Å². The fourth-order valence-corrected chi connectivity index (χ4v) is 3.13. The number of rotatable bonds is 5. The first-order chi connectivity index (χ1) is 14.2. The lowest BCUT2D eigenvalue weighted by Crippen LogP contribution is -2.35. The van der Waals surface area contributed by atoms with Gasteiger partial charge in [-0.15, -0.1) is 0 Å². The molecule has 0 aliphatic carbocycles. The molecule has 0 unspecified atom stereocenters. The number of fused-ring (bicyclic) bond motifs is 1. The molecule has 0 saturated carbocycles. The van der Waals surface area contributed by atoms with Gasteiger partial charge in [-0.25, -0.2) is 9.98 Å². The van der Waals surface area contributed by atoms with E-state index in [-0.39, 0.29) is 6.61 Å². The van der Waals surface area contributed by atoms with E-state index in [9.17, 15) is 0 Å². The molecule has 1 aromatic heterocycles. The van der Waals surface area contributed by atoms with Gasteiger partial charge in [0.25, 0.3) is 0 Å². The van der Waals surface area contributed by atoms with Crippen LogP contribution in [0.3, 0.4) is 0 Å². The third-order valence-corrected chi connectivity index (χ3v) is 4.62. The van der Waals surface area contributed by atoms with Gasteiger partial charge in [-0.3, -0.25) is 0 Å². The van der Waals surface area contributed by atoms with Crippen molar-refractivity contribution >= 4 is 23.1 Å². The van der Waals surface area contributed by atoms with Crippen molar-refractivity contribution in [3.05, 3.63) is 89.2 Å². The van der Waals surface area contributed by atoms with E-state index in [1.165, 1.54) is 0 Å². The summed E-state index contributed by atoms with van der Waals surface area (Å²) in [6.45, 7) is 1.54. The molecule has 2 aromatic carbocycles. The maximum absolute atomic E-state index is 9.14. The second-order valence-corrected chi connectivity index (χ2v) is 6.88. The molecule has 0 spiro atoms. The number of hydrogen-bond donors (Lipinski definition) is 1. The van der Waals surface area contributed by atoms with Crippen LogP contribution in [0.5, 0.6) is 5.75 Å². The van der Waals surface area contributed by atoms with E-state index in [0.717, 1.165) is 22.8 Å². The lowest BCUT2D eigenvalue weighted by atomic mass is 10.1. The van der Waals surface area contributed by atoms with Crippen LogP contribution in [0.15, 0.2) is 77.9 Å². The van der Waals surface area contributed by atoms with Gasteiger partial charge < -0.3 is 14.7 Å². The van der Waals surface area contributed by atoms with Crippen molar-refractivity contribution in [3.63, 3.8) is 0 Å². The quantitative estimate of drug-likeness (QED) is 0.663. The van der Waals surface area contributed by atoms with Crippen molar-refractivity contribution in [1.82, 2.24) is 9.88 Å². The number of aromatic nitrogens is 1. The summed E-state index contributed by atoms with van der Waals surface area (Å²) >= 11 is 6.08. The highest BCUT2D eigenvalue weighted by atomic mass is 35.5. The lowest BCUT2D eigenvalue weighted by molar-refractivity contribution is 0.264. The Bertz CT molecular complexity index is 904. The number of benzene rings is 2. The summed E-state index contributed by atoms with van der Waals surface area (Å²) < 4.78 is 5.15. The zero-order valence-corrected chi connectivity index (χ0v) is 17.1. The van der Waals surface area contributed by atoms with Gasteiger partial charge in [0.15, 0.2) is 5.84 Å². The van der Waals surface area contributed by atoms with E-state index in [2.05, 4.69) is 9.88 Å². The molecule has 150 valence electrons. The van der Waals surface area contributed by atoms with Gasteiger partial charge in [-0.1, -0.05) is 48.0 Å². The van der Waals surface area contributed by atoms with Gasteiger partial charge in [-0.05, 0) is 42.3 Å². The van der Waals surface area contributed by atoms with Crippen LogP contribution in [-0.2, 0) is 6.54 Å². The lowest BCUT2D eigenvalue weighted by Gasteiger charge is -2.30. The third kappa shape index (κ3) is 5.79. The molecule has 6 heteroatoms. The molecule has 2 heterocycles. The van der Waals surface area contributed by atoms with Crippen LogP contribution in [0, 0.1) is 0 Å². The predicted octanol–water partition coefficient (Wildman–Crippen LogP) is 4.71. The Hall–Kier alpha value is -2.89. The molecular weight excluding hydrogens is 386 g/mol. The Labute approximate surface area is 176 Å². The van der Waals surface area contributed by atoms with E-state index in [4.69, 9.17) is 26.4 Å². The van der Waals surface area contributed by atoms with Crippen LogP contribution in [0.4, 0.5) is 5.69 Å². The van der Waals surface area contributed by atoms with Crippen molar-refractivity contribution in [3.8, 4) is 5.75 Å². The molecule has 5 nitrogen and oxygen atoms in total. The molecular formula is C23H24ClN3O2. The Morgan fingerprint density at radius 2 is 1.79 bits per heavy atom. The van der Waals surface area contributed by atoms with Crippen LogP contribution in [0.1, 0.15) is 17.7 Å². The topological polar surface area (TPSA) is 58.0 Å². The first kappa shape index (κ1) is 20.8. The van der Waals surface area contributed by atoms with E-state index < -0.39 is 0 Å². The number of aliphatic hydroxyl groups excluding tert-OH is 1. The van der Waals surface area contributed by atoms with E-state index in [1.54, 1.807) is 13.3 Å². The van der Waals surface area contributed by atoms with E-state index >= 15 is 0 Å². The van der Waals surface area contributed by atoms with Crippen LogP contribution in [0.25, 0.3) is 0 Å². The Morgan fingerprint density at radius 1 is 1.07 bits per heavy atom. The molecule has 0 atom stereocenters. The monoisotopic (exact) mass is 409 g/mol. The number of aliphatic imine (C=N–C) groups is 1. The number of amidine groups is 1. The third-order valence-electron chi connectivity index (χ3n) is 4.38. The standard InChI is InChI=1S/C17H18ClN3O2.C6H6/c1-23-14-4-6-16(19-10-14)17-20-15-5-3-13(18)9-12(15)11-21(17)7-2-8-22;1-2-4-6-5-3-1/h3-6,9-10,22H,2,7-8,11H2,1H3;1-6H. The maximum atomic E-state index is 9.14. The van der Waals surface area contributed by atoms with E-state index in [1.807, 2.05) is 66.7 Å². The average molecular weight is 410 g/mol. The van der Waals surface area contributed by atoms with Crippen molar-refractivity contribution in [1.29, 1.82) is 0 Å². The number of pyridine rings is 1. The maximum Gasteiger partial charge on any atom is 0.155 e. The first-order valence-electron chi connectivity index (χ1n) is 9.44. The average Bonchev–Trinajstić information content (AvgIpc) is 2.78. The minimum atomic E-state index is 0.141. The van der Waals surface area contributed by atoms with Gasteiger partial charge in [-0.2, -0.15) is 0 Å². The van der Waals surface area contributed by atoms with Gasteiger partial charge in [0.1, 0.15) is 11.4 Å². The Morgan fingerprint density at radius 3 is 2.38 bits per heavy atom. The SMILES string of the molecule is COc1ccc(C2=Nc3ccc(Cl)cc3CN2CCCO)nc1.c1ccccc1. The molecule has 0 amide bonds. The van der Waals surface area contributed by atoms with Crippen molar-refractivity contribution < 1.29 is 9.84 Å². The molecule has 0 radical (unpaired) electrons. The summed E-state index contributed by atoms with van der Waals surface area (Å²) in [5, 5.41) is 9.84. The highest BCUT2D eigenvalue weighted by Crippen LogP contribution is 2.30. The molecule has 1 aliphatic heterocycles. The van der Waals surface area contributed by atoms with Crippen LogP contribution in [-0.4, -0.2) is 41.1 Å². The largest absolute Gasteiger partial charge is 0.495 e. The summed E-state index contributed by atoms with van der Waals surface area (Å²) in [7, 11) is 1.61. The number of halogens is 1. The number of ether oxygens (including phenoxy) is 1. The molecule has 0 saturated heterocycles. The van der Waals surface area contributed by atoms with Crippen LogP contribution < -0.4 is 4.74 Å². The minimum Gasteiger partial charge on any atom is -0.495 e. The van der Waals surface area contributed by atoms with Crippen molar-refractivity contribution in [2.45, 2.75) is 13.0 Å². The predicted molar refractivity (Wildman–Crippen MR) is 117 cm³/mol. The molecule has 1 N–H and O–H groups in total. The van der Waals surface area contributed by atoms with Crippen LogP contribution in [0.2, 0.25) is 5.02 Å². The van der Waals surface area contributed by atoms with Gasteiger partial charge >= 0.3 is 0 Å². The second-order valence-electron chi connectivity index (χ2n) is 6.45. The summed E-state index contributed by atoms with van der Waals surface area (Å²) in [6, 6.07) is 21.5. The van der Waals surface area contributed by atoms with Gasteiger partial charge in [0.05, 0.1) is 19.0 Å². The molecule has 1 aliphatic rings. The highest BCUT2D eigenvalue weighted by molar-refractivity contribution is 6.30. The summed E-state index contributed by atoms with van der Waals surface area (Å²) in [4.78, 5) is 11.3. The highest BCUT2D eigenvalue weighted by Gasteiger charge is 2.22. The number of aliphatic hydroxyl groups is 1.